The first-order valence-electron chi connectivity index (χ1n) is 6.32. The molecule has 88 valence electrons. The van der Waals surface area contributed by atoms with Gasteiger partial charge in [-0.2, -0.15) is 0 Å². The minimum absolute atomic E-state index is 0.672. The van der Waals surface area contributed by atoms with E-state index < -0.39 is 0 Å². The first-order chi connectivity index (χ1) is 7.90. The van der Waals surface area contributed by atoms with Crippen molar-refractivity contribution >= 4 is 0 Å². The lowest BCUT2D eigenvalue weighted by atomic mass is 9.89. The van der Waals surface area contributed by atoms with E-state index in [1.807, 2.05) is 0 Å². The highest BCUT2D eigenvalue weighted by atomic mass is 16.6. The third kappa shape index (κ3) is 3.06. The summed E-state index contributed by atoms with van der Waals surface area (Å²) < 4.78 is 0. The molecule has 0 atom stereocenters. The molecule has 0 heterocycles. The molecule has 0 fully saturated rings. The molecule has 2 N–H and O–H groups in total. The molecule has 0 spiro atoms. The molecule has 0 aromatic heterocycles. The van der Waals surface area contributed by atoms with Gasteiger partial charge in [0.2, 0.25) is 0 Å². The van der Waals surface area contributed by atoms with Crippen molar-refractivity contribution in [2.24, 2.45) is 5.90 Å². The molecule has 1 aliphatic rings. The zero-order valence-electron chi connectivity index (χ0n) is 9.87. The second-order valence-electron chi connectivity index (χ2n) is 4.64. The molecule has 0 radical (unpaired) electrons. The monoisotopic (exact) mass is 219 g/mol. The average Bonchev–Trinajstić information content (AvgIpc) is 2.34. The Labute approximate surface area is 97.8 Å². The van der Waals surface area contributed by atoms with E-state index in [0.29, 0.717) is 6.61 Å². The number of aryl methyl sites for hydroxylation is 3. The highest BCUT2D eigenvalue weighted by Crippen LogP contribution is 2.22. The van der Waals surface area contributed by atoms with Crippen LogP contribution in [0.15, 0.2) is 18.2 Å². The van der Waals surface area contributed by atoms with E-state index in [1.165, 1.54) is 31.2 Å². The topological polar surface area (TPSA) is 35.2 Å². The van der Waals surface area contributed by atoms with Crippen molar-refractivity contribution in [2.45, 2.75) is 44.9 Å². The second-order valence-corrected chi connectivity index (χ2v) is 4.64. The Morgan fingerprint density at radius 3 is 2.69 bits per heavy atom. The molecule has 1 aromatic rings. The van der Waals surface area contributed by atoms with Gasteiger partial charge in [-0.1, -0.05) is 18.2 Å². The Kier molecular flexibility index (Phi) is 4.37. The van der Waals surface area contributed by atoms with E-state index in [9.17, 15) is 0 Å². The van der Waals surface area contributed by atoms with Crippen LogP contribution >= 0.6 is 0 Å². The van der Waals surface area contributed by atoms with Gasteiger partial charge in [0.05, 0.1) is 6.61 Å². The minimum atomic E-state index is 0.672. The molecule has 1 aliphatic carbocycles. The predicted molar refractivity (Wildman–Crippen MR) is 66.2 cm³/mol. The van der Waals surface area contributed by atoms with Gasteiger partial charge in [0.25, 0.3) is 0 Å². The van der Waals surface area contributed by atoms with Crippen LogP contribution in [0.25, 0.3) is 0 Å². The summed E-state index contributed by atoms with van der Waals surface area (Å²) in [5.41, 5.74) is 4.62. The summed E-state index contributed by atoms with van der Waals surface area (Å²) in [6.45, 7) is 0.672. The molecule has 1 aromatic carbocycles. The predicted octanol–water partition coefficient (Wildman–Crippen LogP) is 2.78. The molecular weight excluding hydrogens is 198 g/mol. The first-order valence-corrected chi connectivity index (χ1v) is 6.32. The van der Waals surface area contributed by atoms with Gasteiger partial charge in [0, 0.05) is 0 Å². The molecule has 0 unspecified atom stereocenters. The van der Waals surface area contributed by atoms with Crippen LogP contribution in [0.2, 0.25) is 0 Å². The van der Waals surface area contributed by atoms with Crippen LogP contribution in [0, 0.1) is 0 Å². The summed E-state index contributed by atoms with van der Waals surface area (Å²) in [4.78, 5) is 4.57. The van der Waals surface area contributed by atoms with Crippen LogP contribution in [0.4, 0.5) is 0 Å². The summed E-state index contributed by atoms with van der Waals surface area (Å²) in [6, 6.07) is 7.01. The molecule has 16 heavy (non-hydrogen) atoms. The van der Waals surface area contributed by atoms with Gasteiger partial charge in [-0.3, -0.25) is 0 Å². The average molecular weight is 219 g/mol. The maximum atomic E-state index is 5.00. The van der Waals surface area contributed by atoms with Gasteiger partial charge in [-0.05, 0) is 61.6 Å². The normalized spacial score (nSPS) is 14.8. The summed E-state index contributed by atoms with van der Waals surface area (Å²) in [6.07, 6.45) is 8.63. The van der Waals surface area contributed by atoms with Crippen LogP contribution in [0.3, 0.4) is 0 Å². The van der Waals surface area contributed by atoms with Gasteiger partial charge < -0.3 is 4.84 Å². The van der Waals surface area contributed by atoms with Crippen molar-refractivity contribution in [1.29, 1.82) is 0 Å². The Morgan fingerprint density at radius 2 is 1.88 bits per heavy atom. The van der Waals surface area contributed by atoms with Crippen LogP contribution < -0.4 is 5.90 Å². The third-order valence-corrected chi connectivity index (χ3v) is 3.39. The summed E-state index contributed by atoms with van der Waals surface area (Å²) in [7, 11) is 0. The van der Waals surface area contributed by atoms with Crippen molar-refractivity contribution in [3.63, 3.8) is 0 Å². The van der Waals surface area contributed by atoms with E-state index in [1.54, 1.807) is 11.1 Å². The summed E-state index contributed by atoms with van der Waals surface area (Å²) >= 11 is 0. The number of unbranched alkanes of at least 4 members (excludes halogenated alkanes) is 1. The molecular formula is C14H21NO. The van der Waals surface area contributed by atoms with Crippen LogP contribution in [0.1, 0.15) is 42.4 Å². The quantitative estimate of drug-likeness (QED) is 0.610. The van der Waals surface area contributed by atoms with Crippen molar-refractivity contribution in [1.82, 2.24) is 0 Å². The minimum Gasteiger partial charge on any atom is -0.305 e. The fraction of sp³-hybridized carbons (Fsp3) is 0.571. The molecule has 0 aliphatic heterocycles. The lowest BCUT2D eigenvalue weighted by Crippen LogP contribution is -2.04. The van der Waals surface area contributed by atoms with Gasteiger partial charge in [-0.15, -0.1) is 0 Å². The third-order valence-electron chi connectivity index (χ3n) is 3.39. The SMILES string of the molecule is NOCCCCc1ccc2c(c1)CCCC2. The number of hydrogen-bond donors (Lipinski definition) is 1. The van der Waals surface area contributed by atoms with E-state index in [4.69, 9.17) is 5.90 Å². The fourth-order valence-electron chi connectivity index (χ4n) is 2.46. The second kappa shape index (κ2) is 6.02. The molecule has 0 bridgehead atoms. The first kappa shape index (κ1) is 11.6. The molecule has 2 nitrogen and oxygen atoms in total. The van der Waals surface area contributed by atoms with Gasteiger partial charge >= 0.3 is 0 Å². The van der Waals surface area contributed by atoms with E-state index in [-0.39, 0.29) is 0 Å². The van der Waals surface area contributed by atoms with Crippen LogP contribution in [0.5, 0.6) is 0 Å². The summed E-state index contributed by atoms with van der Waals surface area (Å²) in [5, 5.41) is 0. The van der Waals surface area contributed by atoms with Crippen LogP contribution in [-0.2, 0) is 24.1 Å². The molecule has 2 heteroatoms. The van der Waals surface area contributed by atoms with Crippen molar-refractivity contribution in [3.05, 3.63) is 34.9 Å². The van der Waals surface area contributed by atoms with Crippen molar-refractivity contribution in [3.8, 4) is 0 Å². The Morgan fingerprint density at radius 1 is 1.06 bits per heavy atom. The number of nitrogens with two attached hydrogens (primary N) is 1. The number of rotatable bonds is 5. The summed E-state index contributed by atoms with van der Waals surface area (Å²) in [5.74, 6) is 5.00. The van der Waals surface area contributed by atoms with E-state index in [0.717, 1.165) is 19.3 Å². The molecule has 0 saturated carbocycles. The fourth-order valence-corrected chi connectivity index (χ4v) is 2.46. The maximum absolute atomic E-state index is 5.00. The Bertz CT molecular complexity index is 336. The van der Waals surface area contributed by atoms with E-state index >= 15 is 0 Å². The molecule has 0 saturated heterocycles. The Balaban J connectivity index is 1.90. The van der Waals surface area contributed by atoms with Crippen molar-refractivity contribution in [2.75, 3.05) is 6.61 Å². The highest BCUT2D eigenvalue weighted by Gasteiger charge is 2.08. The lowest BCUT2D eigenvalue weighted by Gasteiger charge is -2.16. The van der Waals surface area contributed by atoms with Crippen molar-refractivity contribution < 1.29 is 4.84 Å². The number of hydrogen-bond acceptors (Lipinski definition) is 2. The zero-order valence-corrected chi connectivity index (χ0v) is 9.87. The van der Waals surface area contributed by atoms with Crippen LogP contribution in [-0.4, -0.2) is 6.61 Å². The number of fused-ring (bicyclic) bond motifs is 1. The number of benzene rings is 1. The van der Waals surface area contributed by atoms with Gasteiger partial charge in [-0.25, -0.2) is 5.90 Å². The van der Waals surface area contributed by atoms with Gasteiger partial charge in [0.15, 0.2) is 0 Å². The van der Waals surface area contributed by atoms with E-state index in [2.05, 4.69) is 23.0 Å². The standard InChI is InChI=1S/C14H21NO/c15-16-10-4-3-5-12-8-9-13-6-1-2-7-14(13)11-12/h8-9,11H,1-7,10,15H2. The maximum Gasteiger partial charge on any atom is 0.0679 e. The zero-order chi connectivity index (χ0) is 11.2. The highest BCUT2D eigenvalue weighted by molar-refractivity contribution is 5.33. The molecule has 2 rings (SSSR count). The molecule has 0 amide bonds. The van der Waals surface area contributed by atoms with Gasteiger partial charge in [0.1, 0.15) is 0 Å². The largest absolute Gasteiger partial charge is 0.305 e. The lowest BCUT2D eigenvalue weighted by molar-refractivity contribution is 0.134. The smallest absolute Gasteiger partial charge is 0.0679 e. The Hall–Kier alpha value is -0.860.